The molecule has 0 saturated carbocycles. The van der Waals surface area contributed by atoms with Gasteiger partial charge in [0.25, 0.3) is 0 Å². The Labute approximate surface area is 123 Å². The number of carbonyl (C=O) groups is 2. The van der Waals surface area contributed by atoms with E-state index in [1.807, 2.05) is 0 Å². The third-order valence-electron chi connectivity index (χ3n) is 2.99. The van der Waals surface area contributed by atoms with Crippen molar-refractivity contribution in [3.8, 4) is 0 Å². The highest BCUT2D eigenvalue weighted by molar-refractivity contribution is 8.14. The summed E-state index contributed by atoms with van der Waals surface area (Å²) in [5.41, 5.74) is 0.556. The molecule has 1 aliphatic heterocycles. The fraction of sp³-hybridized carbons (Fsp3) is 0.308. The molecule has 3 rings (SSSR count). The minimum absolute atomic E-state index is 0.0102. The second-order valence-corrected chi connectivity index (χ2v) is 7.03. The lowest BCUT2D eigenvalue weighted by Gasteiger charge is -2.11. The first-order chi connectivity index (χ1) is 9.52. The zero-order chi connectivity index (χ0) is 14.3. The van der Waals surface area contributed by atoms with E-state index < -0.39 is 0 Å². The van der Waals surface area contributed by atoms with Gasteiger partial charge in [0.05, 0.1) is 10.2 Å². The minimum atomic E-state index is -0.341. The average Bonchev–Trinajstić information content (AvgIpc) is 2.91. The van der Waals surface area contributed by atoms with Crippen molar-refractivity contribution in [2.75, 3.05) is 11.4 Å². The highest BCUT2D eigenvalue weighted by Crippen LogP contribution is 2.34. The smallest absolute Gasteiger partial charge is 0.230 e. The predicted octanol–water partition coefficient (Wildman–Crippen LogP) is 2.82. The monoisotopic (exact) mass is 310 g/mol. The molecule has 104 valence electrons. The van der Waals surface area contributed by atoms with E-state index in [1.54, 1.807) is 11.0 Å². The van der Waals surface area contributed by atoms with Gasteiger partial charge in [0.1, 0.15) is 5.82 Å². The molecule has 1 fully saturated rings. The number of amides is 1. The van der Waals surface area contributed by atoms with Gasteiger partial charge in [-0.3, -0.25) is 14.5 Å². The van der Waals surface area contributed by atoms with E-state index in [0.29, 0.717) is 23.6 Å². The van der Waals surface area contributed by atoms with Crippen LogP contribution in [0.2, 0.25) is 0 Å². The van der Waals surface area contributed by atoms with Crippen LogP contribution in [0.15, 0.2) is 18.2 Å². The Bertz CT molecular complexity index is 701. The maximum atomic E-state index is 13.1. The first-order valence-electron chi connectivity index (χ1n) is 6.06. The molecule has 1 atom stereocenters. The Morgan fingerprint density at radius 1 is 1.55 bits per heavy atom. The lowest BCUT2D eigenvalue weighted by Crippen LogP contribution is -2.24. The van der Waals surface area contributed by atoms with E-state index in [2.05, 4.69) is 4.98 Å². The van der Waals surface area contributed by atoms with Crippen LogP contribution in [0, 0.1) is 5.82 Å². The van der Waals surface area contributed by atoms with Crippen molar-refractivity contribution in [3.63, 3.8) is 0 Å². The molecule has 1 unspecified atom stereocenters. The molecule has 0 N–H and O–H groups in total. The van der Waals surface area contributed by atoms with E-state index in [9.17, 15) is 14.0 Å². The van der Waals surface area contributed by atoms with Gasteiger partial charge in [0.15, 0.2) is 10.2 Å². The van der Waals surface area contributed by atoms with Crippen LogP contribution in [0.5, 0.6) is 0 Å². The summed E-state index contributed by atoms with van der Waals surface area (Å²) in [5.74, 6) is -0.379. The first-order valence-corrected chi connectivity index (χ1v) is 7.76. The van der Waals surface area contributed by atoms with Crippen LogP contribution in [0.1, 0.15) is 13.3 Å². The van der Waals surface area contributed by atoms with Gasteiger partial charge in [-0.1, -0.05) is 23.1 Å². The van der Waals surface area contributed by atoms with Crippen molar-refractivity contribution in [2.45, 2.75) is 18.6 Å². The number of hydrogen-bond acceptors (Lipinski definition) is 5. The number of benzene rings is 1. The highest BCUT2D eigenvalue weighted by atomic mass is 32.2. The van der Waals surface area contributed by atoms with Gasteiger partial charge in [-0.25, -0.2) is 9.37 Å². The summed E-state index contributed by atoms with van der Waals surface area (Å²) in [7, 11) is 0. The third-order valence-corrected chi connectivity index (χ3v) is 5.03. The number of fused-ring (bicyclic) bond motifs is 1. The Balaban J connectivity index is 1.87. The van der Waals surface area contributed by atoms with E-state index in [0.717, 1.165) is 4.70 Å². The van der Waals surface area contributed by atoms with Crippen LogP contribution in [0.3, 0.4) is 0 Å². The minimum Gasteiger partial charge on any atom is -0.288 e. The van der Waals surface area contributed by atoms with Gasteiger partial charge in [0, 0.05) is 31.2 Å². The van der Waals surface area contributed by atoms with Crippen molar-refractivity contribution in [2.24, 2.45) is 0 Å². The van der Waals surface area contributed by atoms with Crippen molar-refractivity contribution >= 4 is 49.5 Å². The van der Waals surface area contributed by atoms with Gasteiger partial charge >= 0.3 is 0 Å². The zero-order valence-electron chi connectivity index (χ0n) is 10.6. The fourth-order valence-electron chi connectivity index (χ4n) is 2.18. The maximum Gasteiger partial charge on any atom is 0.230 e. The molecule has 0 bridgehead atoms. The number of halogens is 1. The Morgan fingerprint density at radius 3 is 3.10 bits per heavy atom. The van der Waals surface area contributed by atoms with E-state index >= 15 is 0 Å². The first kappa shape index (κ1) is 13.5. The Hall–Kier alpha value is -1.47. The molecule has 4 nitrogen and oxygen atoms in total. The topological polar surface area (TPSA) is 50.3 Å². The van der Waals surface area contributed by atoms with Crippen LogP contribution in [-0.4, -0.2) is 27.8 Å². The highest BCUT2D eigenvalue weighted by Gasteiger charge is 2.33. The van der Waals surface area contributed by atoms with Crippen molar-refractivity contribution in [1.82, 2.24) is 4.98 Å². The maximum absolute atomic E-state index is 13.1. The number of anilines is 1. The zero-order valence-corrected chi connectivity index (χ0v) is 12.3. The molecule has 1 amide bonds. The van der Waals surface area contributed by atoms with Crippen LogP contribution >= 0.6 is 23.1 Å². The predicted molar refractivity (Wildman–Crippen MR) is 78.6 cm³/mol. The quantitative estimate of drug-likeness (QED) is 0.856. The molecule has 0 spiro atoms. The van der Waals surface area contributed by atoms with Crippen molar-refractivity contribution < 1.29 is 14.0 Å². The van der Waals surface area contributed by atoms with E-state index in [-0.39, 0.29) is 22.1 Å². The fourth-order valence-corrected chi connectivity index (χ4v) is 4.07. The molecule has 0 aliphatic carbocycles. The molecular formula is C13H11FN2O2S2. The summed E-state index contributed by atoms with van der Waals surface area (Å²) in [6.07, 6.45) is 0.342. The molecule has 2 heterocycles. The van der Waals surface area contributed by atoms with E-state index in [4.69, 9.17) is 0 Å². The summed E-state index contributed by atoms with van der Waals surface area (Å²) >= 11 is 2.55. The van der Waals surface area contributed by atoms with Gasteiger partial charge < -0.3 is 0 Å². The number of carbonyl (C=O) groups excluding carboxylic acids is 2. The second-order valence-electron chi connectivity index (χ2n) is 4.55. The number of aromatic nitrogens is 1. The molecule has 2 aromatic rings. The van der Waals surface area contributed by atoms with Crippen molar-refractivity contribution in [3.05, 3.63) is 24.0 Å². The molecule has 0 radical (unpaired) electrons. The Morgan fingerprint density at radius 2 is 2.35 bits per heavy atom. The summed E-state index contributed by atoms with van der Waals surface area (Å²) in [4.78, 5) is 29.0. The summed E-state index contributed by atoms with van der Waals surface area (Å²) in [5, 5.41) is 0.557. The SMILES string of the molecule is CC(=O)SC1CC(=O)N(c2nc3cc(F)ccc3s2)C1. The summed E-state index contributed by atoms with van der Waals surface area (Å²) in [6, 6.07) is 4.40. The normalized spacial score (nSPS) is 19.0. The summed E-state index contributed by atoms with van der Waals surface area (Å²) in [6.45, 7) is 1.98. The van der Waals surface area contributed by atoms with Gasteiger partial charge in [-0.05, 0) is 12.1 Å². The number of thiazole rings is 1. The van der Waals surface area contributed by atoms with Crippen LogP contribution < -0.4 is 4.90 Å². The molecule has 1 aromatic carbocycles. The van der Waals surface area contributed by atoms with Gasteiger partial charge in [-0.2, -0.15) is 0 Å². The van der Waals surface area contributed by atoms with E-state index in [1.165, 1.54) is 42.2 Å². The van der Waals surface area contributed by atoms with Gasteiger partial charge in [-0.15, -0.1) is 0 Å². The summed E-state index contributed by atoms with van der Waals surface area (Å²) < 4.78 is 14.0. The standard InChI is InChI=1S/C13H11FN2O2S2/c1-7(17)19-9-5-12(18)16(6-9)13-15-10-4-8(14)2-3-11(10)20-13/h2-4,9H,5-6H2,1H3. The number of hydrogen-bond donors (Lipinski definition) is 0. The molecule has 7 heteroatoms. The molecule has 1 saturated heterocycles. The number of rotatable bonds is 2. The Kier molecular flexibility index (Phi) is 3.47. The van der Waals surface area contributed by atoms with Gasteiger partial charge in [0.2, 0.25) is 5.91 Å². The van der Waals surface area contributed by atoms with Crippen LogP contribution in [0.25, 0.3) is 10.2 Å². The molecule has 1 aliphatic rings. The van der Waals surface area contributed by atoms with Crippen LogP contribution in [0.4, 0.5) is 9.52 Å². The third kappa shape index (κ3) is 2.55. The largest absolute Gasteiger partial charge is 0.288 e. The van der Waals surface area contributed by atoms with Crippen molar-refractivity contribution in [1.29, 1.82) is 0 Å². The molecule has 20 heavy (non-hydrogen) atoms. The number of nitrogens with zero attached hydrogens (tertiary/aromatic N) is 2. The molecular weight excluding hydrogens is 299 g/mol. The average molecular weight is 310 g/mol. The molecule has 1 aromatic heterocycles. The van der Waals surface area contributed by atoms with Crippen LogP contribution in [-0.2, 0) is 9.59 Å². The number of thioether (sulfide) groups is 1. The second kappa shape index (κ2) is 5.14. The lowest BCUT2D eigenvalue weighted by atomic mass is 10.3. The lowest BCUT2D eigenvalue weighted by molar-refractivity contribution is -0.117.